The van der Waals surface area contributed by atoms with Crippen LogP contribution in [0, 0.1) is 0 Å². The van der Waals surface area contributed by atoms with Gasteiger partial charge in [0.2, 0.25) is 0 Å². The second kappa shape index (κ2) is 5.84. The van der Waals surface area contributed by atoms with E-state index in [0.717, 1.165) is 24.1 Å². The Labute approximate surface area is 145 Å². The van der Waals surface area contributed by atoms with Crippen LogP contribution in [0.15, 0.2) is 73.1 Å². The zero-order chi connectivity index (χ0) is 16.6. The summed E-state index contributed by atoms with van der Waals surface area (Å²) >= 11 is 6.08. The lowest BCUT2D eigenvalue weighted by Crippen LogP contribution is -2.34. The summed E-state index contributed by atoms with van der Waals surface area (Å²) in [5, 5.41) is 3.88. The highest BCUT2D eigenvalue weighted by atomic mass is 35.5. The molecule has 1 saturated carbocycles. The number of carbonyl (C=O) groups is 1. The Morgan fingerprint density at radius 3 is 2.33 bits per heavy atom. The molecule has 2 aromatic carbocycles. The first-order chi connectivity index (χ1) is 11.7. The molecule has 1 N–H and O–H groups in total. The van der Waals surface area contributed by atoms with Crippen molar-refractivity contribution in [2.75, 3.05) is 0 Å². The van der Waals surface area contributed by atoms with Gasteiger partial charge in [-0.05, 0) is 66.9 Å². The van der Waals surface area contributed by atoms with Gasteiger partial charge < -0.3 is 9.88 Å². The van der Waals surface area contributed by atoms with Crippen LogP contribution in [0.3, 0.4) is 0 Å². The zero-order valence-electron chi connectivity index (χ0n) is 13.1. The van der Waals surface area contributed by atoms with Crippen molar-refractivity contribution in [3.63, 3.8) is 0 Å². The van der Waals surface area contributed by atoms with Crippen molar-refractivity contribution in [1.29, 1.82) is 0 Å². The second-order valence-electron chi connectivity index (χ2n) is 6.18. The molecule has 3 nitrogen and oxygen atoms in total. The molecule has 4 rings (SSSR count). The van der Waals surface area contributed by atoms with E-state index in [9.17, 15) is 4.79 Å². The molecule has 1 heterocycles. The first-order valence-corrected chi connectivity index (χ1v) is 8.36. The van der Waals surface area contributed by atoms with E-state index in [4.69, 9.17) is 11.6 Å². The van der Waals surface area contributed by atoms with E-state index >= 15 is 0 Å². The lowest BCUT2D eigenvalue weighted by atomic mass is 10.0. The summed E-state index contributed by atoms with van der Waals surface area (Å²) in [6, 6.07) is 19.3. The molecule has 1 aliphatic rings. The fraction of sp³-hybridized carbons (Fsp3) is 0.150. The molecule has 1 fully saturated rings. The minimum absolute atomic E-state index is 0.0495. The van der Waals surface area contributed by atoms with E-state index in [1.54, 1.807) is 0 Å². The van der Waals surface area contributed by atoms with E-state index in [0.29, 0.717) is 10.6 Å². The first-order valence-electron chi connectivity index (χ1n) is 7.98. The van der Waals surface area contributed by atoms with Gasteiger partial charge in [-0.25, -0.2) is 0 Å². The molecule has 0 atom stereocenters. The average Bonchev–Trinajstić information content (AvgIpc) is 3.17. The number of hydrogen-bond donors (Lipinski definition) is 1. The predicted octanol–water partition coefficient (Wildman–Crippen LogP) is 4.55. The minimum Gasteiger partial charge on any atom is -0.343 e. The number of amides is 1. The van der Waals surface area contributed by atoms with Crippen LogP contribution in [0.5, 0.6) is 0 Å². The molecule has 120 valence electrons. The van der Waals surface area contributed by atoms with Crippen LogP contribution in [0.4, 0.5) is 0 Å². The summed E-state index contributed by atoms with van der Waals surface area (Å²) in [4.78, 5) is 12.6. The van der Waals surface area contributed by atoms with Crippen LogP contribution in [0.25, 0.3) is 5.69 Å². The highest BCUT2D eigenvalue weighted by Gasteiger charge is 2.45. The molecule has 0 unspecified atom stereocenters. The monoisotopic (exact) mass is 336 g/mol. The van der Waals surface area contributed by atoms with Gasteiger partial charge in [-0.3, -0.25) is 4.79 Å². The smallest absolute Gasteiger partial charge is 0.251 e. The van der Waals surface area contributed by atoms with E-state index in [-0.39, 0.29) is 11.4 Å². The topological polar surface area (TPSA) is 34.0 Å². The van der Waals surface area contributed by atoms with Crippen LogP contribution in [-0.2, 0) is 5.54 Å². The maximum atomic E-state index is 12.6. The fourth-order valence-electron chi connectivity index (χ4n) is 2.98. The summed E-state index contributed by atoms with van der Waals surface area (Å²) < 4.78 is 2.01. The van der Waals surface area contributed by atoms with Crippen molar-refractivity contribution >= 4 is 17.5 Å². The largest absolute Gasteiger partial charge is 0.343 e. The predicted molar refractivity (Wildman–Crippen MR) is 95.6 cm³/mol. The summed E-state index contributed by atoms with van der Waals surface area (Å²) in [5.74, 6) is -0.0495. The second-order valence-corrected chi connectivity index (χ2v) is 6.62. The molecule has 1 aliphatic carbocycles. The minimum atomic E-state index is -0.263. The van der Waals surface area contributed by atoms with Gasteiger partial charge >= 0.3 is 0 Å². The van der Waals surface area contributed by atoms with Gasteiger partial charge in [-0.2, -0.15) is 0 Å². The number of hydrogen-bond acceptors (Lipinski definition) is 1. The average molecular weight is 337 g/mol. The zero-order valence-corrected chi connectivity index (χ0v) is 13.8. The molecule has 1 aromatic heterocycles. The standard InChI is InChI=1S/C20H17ClN2O/c21-17-5-3-4-16(14-17)20(10-11-20)22-19(24)15-6-8-18(9-7-15)23-12-1-2-13-23/h1-9,12-14H,10-11H2,(H,22,24). The normalized spacial score (nSPS) is 15.0. The van der Waals surface area contributed by atoms with Crippen LogP contribution < -0.4 is 5.32 Å². The van der Waals surface area contributed by atoms with Crippen LogP contribution >= 0.6 is 11.6 Å². The van der Waals surface area contributed by atoms with Gasteiger partial charge in [0, 0.05) is 28.7 Å². The number of rotatable bonds is 4. The lowest BCUT2D eigenvalue weighted by molar-refractivity contribution is 0.0931. The number of benzene rings is 2. The van der Waals surface area contributed by atoms with Gasteiger partial charge in [0.15, 0.2) is 0 Å². The van der Waals surface area contributed by atoms with Gasteiger partial charge in [0.05, 0.1) is 5.54 Å². The van der Waals surface area contributed by atoms with Gasteiger partial charge in [-0.15, -0.1) is 0 Å². The van der Waals surface area contributed by atoms with E-state index in [1.165, 1.54) is 0 Å². The SMILES string of the molecule is O=C(NC1(c2cccc(Cl)c2)CC1)c1ccc(-n2cccc2)cc1. The highest BCUT2D eigenvalue weighted by molar-refractivity contribution is 6.30. The van der Waals surface area contributed by atoms with Gasteiger partial charge in [0.1, 0.15) is 0 Å². The Bertz CT molecular complexity index is 865. The van der Waals surface area contributed by atoms with E-state index in [1.807, 2.05) is 77.6 Å². The Balaban J connectivity index is 1.52. The molecule has 4 heteroatoms. The van der Waals surface area contributed by atoms with Crippen molar-refractivity contribution in [2.24, 2.45) is 0 Å². The van der Waals surface area contributed by atoms with Crippen molar-refractivity contribution in [3.05, 3.63) is 89.2 Å². The van der Waals surface area contributed by atoms with Crippen LogP contribution in [0.1, 0.15) is 28.8 Å². The van der Waals surface area contributed by atoms with Crippen molar-refractivity contribution in [3.8, 4) is 5.69 Å². The number of carbonyl (C=O) groups excluding carboxylic acids is 1. The third-order valence-electron chi connectivity index (χ3n) is 4.51. The Morgan fingerprint density at radius 1 is 1.00 bits per heavy atom. The summed E-state index contributed by atoms with van der Waals surface area (Å²) in [6.07, 6.45) is 5.85. The third-order valence-corrected chi connectivity index (χ3v) is 4.75. The molecular formula is C20H17ClN2O. The third kappa shape index (κ3) is 2.83. The molecular weight excluding hydrogens is 320 g/mol. The fourth-order valence-corrected chi connectivity index (χ4v) is 3.17. The van der Waals surface area contributed by atoms with Crippen molar-refractivity contribution in [2.45, 2.75) is 18.4 Å². The molecule has 0 aliphatic heterocycles. The van der Waals surface area contributed by atoms with E-state index in [2.05, 4.69) is 5.32 Å². The molecule has 0 radical (unpaired) electrons. The molecule has 3 aromatic rings. The Morgan fingerprint density at radius 2 is 1.71 bits per heavy atom. The van der Waals surface area contributed by atoms with Gasteiger partial charge in [0.25, 0.3) is 5.91 Å². The molecule has 0 bridgehead atoms. The molecule has 0 saturated heterocycles. The Kier molecular flexibility index (Phi) is 3.66. The molecule has 1 amide bonds. The summed E-state index contributed by atoms with van der Waals surface area (Å²) in [7, 11) is 0. The van der Waals surface area contributed by atoms with E-state index < -0.39 is 0 Å². The highest BCUT2D eigenvalue weighted by Crippen LogP contribution is 2.46. The quantitative estimate of drug-likeness (QED) is 0.745. The number of aromatic nitrogens is 1. The number of halogens is 1. The van der Waals surface area contributed by atoms with Crippen molar-refractivity contribution in [1.82, 2.24) is 9.88 Å². The Hall–Kier alpha value is -2.52. The van der Waals surface area contributed by atoms with Crippen molar-refractivity contribution < 1.29 is 4.79 Å². The summed E-state index contributed by atoms with van der Waals surface area (Å²) in [6.45, 7) is 0. The number of nitrogens with one attached hydrogen (secondary N) is 1. The molecule has 0 spiro atoms. The number of nitrogens with zero attached hydrogens (tertiary/aromatic N) is 1. The maximum absolute atomic E-state index is 12.6. The summed E-state index contributed by atoms with van der Waals surface area (Å²) in [5.41, 5.74) is 2.51. The molecule has 24 heavy (non-hydrogen) atoms. The van der Waals surface area contributed by atoms with Crippen LogP contribution in [0.2, 0.25) is 5.02 Å². The van der Waals surface area contributed by atoms with Gasteiger partial charge in [-0.1, -0.05) is 23.7 Å². The maximum Gasteiger partial charge on any atom is 0.251 e. The lowest BCUT2D eigenvalue weighted by Gasteiger charge is -2.18. The van der Waals surface area contributed by atoms with Crippen LogP contribution in [-0.4, -0.2) is 10.5 Å². The first kappa shape index (κ1) is 15.0.